The summed E-state index contributed by atoms with van der Waals surface area (Å²) in [6.07, 6.45) is 2.79. The molecule has 3 heterocycles. The highest BCUT2D eigenvalue weighted by Crippen LogP contribution is 2.33. The Bertz CT molecular complexity index is 845. The van der Waals surface area contributed by atoms with Gasteiger partial charge in [0, 0.05) is 24.3 Å². The summed E-state index contributed by atoms with van der Waals surface area (Å²) in [5.74, 6) is 1.19. The van der Waals surface area contributed by atoms with Crippen LogP contribution in [0, 0.1) is 0 Å². The molecular weight excluding hydrogens is 306 g/mol. The summed E-state index contributed by atoms with van der Waals surface area (Å²) >= 11 is 6.10. The molecule has 1 atom stereocenters. The van der Waals surface area contributed by atoms with E-state index in [0.717, 1.165) is 17.4 Å². The van der Waals surface area contributed by atoms with E-state index in [1.807, 2.05) is 12.1 Å². The lowest BCUT2D eigenvalue weighted by atomic mass is 9.99. The average molecular weight is 318 g/mol. The van der Waals surface area contributed by atoms with Gasteiger partial charge in [0.2, 0.25) is 5.91 Å². The van der Waals surface area contributed by atoms with Gasteiger partial charge in [-0.3, -0.25) is 4.79 Å². The molecule has 112 valence electrons. The van der Waals surface area contributed by atoms with Crippen molar-refractivity contribution in [3.8, 4) is 11.5 Å². The minimum atomic E-state index is 0.0674. The Morgan fingerprint density at radius 3 is 3.05 bits per heavy atom. The molecule has 1 unspecified atom stereocenters. The van der Waals surface area contributed by atoms with Gasteiger partial charge in [0.1, 0.15) is 0 Å². The van der Waals surface area contributed by atoms with Crippen molar-refractivity contribution in [1.29, 1.82) is 0 Å². The summed E-state index contributed by atoms with van der Waals surface area (Å²) in [4.78, 5) is 15.7. The number of aromatic nitrogens is 2. The van der Waals surface area contributed by atoms with Crippen LogP contribution < -0.4 is 5.32 Å². The van der Waals surface area contributed by atoms with E-state index in [-0.39, 0.29) is 11.8 Å². The molecule has 1 aromatic carbocycles. The fraction of sp³-hybridized carbons (Fsp3) is 0.267. The number of furan rings is 1. The van der Waals surface area contributed by atoms with E-state index in [2.05, 4.69) is 15.5 Å². The Hall–Kier alpha value is -2.34. The zero-order valence-electron chi connectivity index (χ0n) is 11.5. The third-order valence-corrected chi connectivity index (χ3v) is 4.17. The number of amides is 1. The van der Waals surface area contributed by atoms with E-state index >= 15 is 0 Å². The minimum absolute atomic E-state index is 0.0674. The maximum atomic E-state index is 11.2. The fourth-order valence-electron chi connectivity index (χ4n) is 2.68. The van der Waals surface area contributed by atoms with Gasteiger partial charge in [-0.2, -0.15) is 4.98 Å². The number of piperidine rings is 1. The van der Waals surface area contributed by atoms with E-state index < -0.39 is 0 Å². The molecule has 0 bridgehead atoms. The summed E-state index contributed by atoms with van der Waals surface area (Å²) in [6.45, 7) is 0.541. The number of hydrogen-bond acceptors (Lipinski definition) is 5. The van der Waals surface area contributed by atoms with Crippen LogP contribution in [0.4, 0.5) is 0 Å². The first-order valence-electron chi connectivity index (χ1n) is 6.99. The van der Waals surface area contributed by atoms with Crippen LogP contribution in [0.5, 0.6) is 0 Å². The van der Waals surface area contributed by atoms with Gasteiger partial charge >= 0.3 is 0 Å². The third-order valence-electron chi connectivity index (χ3n) is 3.87. The number of carbonyl (C=O) groups excluding carboxylic acids is 1. The molecule has 1 amide bonds. The molecule has 1 aliphatic rings. The van der Waals surface area contributed by atoms with Crippen molar-refractivity contribution >= 4 is 28.5 Å². The number of rotatable bonds is 2. The standard InChI is InChI=1S/C15H12ClN3O3/c16-11-3-2-10(9-5-6-21-13(9)11)15-18-14(19-22-15)8-1-4-12(20)17-7-8/h2-3,5-6,8H,1,4,7H2,(H,17,20). The van der Waals surface area contributed by atoms with Gasteiger partial charge in [-0.15, -0.1) is 0 Å². The van der Waals surface area contributed by atoms with Gasteiger partial charge in [-0.25, -0.2) is 0 Å². The lowest BCUT2D eigenvalue weighted by Gasteiger charge is -2.18. The molecule has 2 aromatic heterocycles. The fourth-order valence-corrected chi connectivity index (χ4v) is 2.89. The van der Waals surface area contributed by atoms with Crippen LogP contribution in [-0.4, -0.2) is 22.6 Å². The second-order valence-corrected chi connectivity index (χ2v) is 5.66. The maximum absolute atomic E-state index is 11.2. The van der Waals surface area contributed by atoms with Gasteiger partial charge in [0.15, 0.2) is 11.4 Å². The molecule has 0 radical (unpaired) electrons. The monoisotopic (exact) mass is 317 g/mol. The van der Waals surface area contributed by atoms with Gasteiger partial charge in [0.25, 0.3) is 5.89 Å². The predicted octanol–water partition coefficient (Wildman–Crippen LogP) is 3.13. The number of hydrogen-bond donors (Lipinski definition) is 1. The van der Waals surface area contributed by atoms with Crippen LogP contribution in [0.25, 0.3) is 22.4 Å². The van der Waals surface area contributed by atoms with Gasteiger partial charge in [-0.1, -0.05) is 16.8 Å². The number of benzene rings is 1. The summed E-state index contributed by atoms with van der Waals surface area (Å²) < 4.78 is 10.8. The Labute approximate surface area is 130 Å². The van der Waals surface area contributed by atoms with Crippen LogP contribution >= 0.6 is 11.6 Å². The van der Waals surface area contributed by atoms with Crippen molar-refractivity contribution in [2.24, 2.45) is 0 Å². The molecule has 0 spiro atoms. The quantitative estimate of drug-likeness (QED) is 0.785. The Morgan fingerprint density at radius 2 is 2.23 bits per heavy atom. The summed E-state index contributed by atoms with van der Waals surface area (Å²) in [5.41, 5.74) is 1.38. The molecule has 1 saturated heterocycles. The number of nitrogens with zero attached hydrogens (tertiary/aromatic N) is 2. The predicted molar refractivity (Wildman–Crippen MR) is 79.5 cm³/mol. The second-order valence-electron chi connectivity index (χ2n) is 5.26. The summed E-state index contributed by atoms with van der Waals surface area (Å²) in [6, 6.07) is 5.40. The minimum Gasteiger partial charge on any atom is -0.463 e. The molecule has 0 saturated carbocycles. The van der Waals surface area contributed by atoms with Crippen LogP contribution in [-0.2, 0) is 4.79 Å². The lowest BCUT2D eigenvalue weighted by molar-refractivity contribution is -0.122. The zero-order chi connectivity index (χ0) is 15.1. The SMILES string of the molecule is O=C1CCC(c2noc(-c3ccc(Cl)c4occc34)n2)CN1. The second kappa shape index (κ2) is 5.14. The van der Waals surface area contributed by atoms with Crippen molar-refractivity contribution in [3.63, 3.8) is 0 Å². The van der Waals surface area contributed by atoms with Gasteiger partial charge in [0.05, 0.1) is 16.8 Å². The molecule has 4 rings (SSSR count). The largest absolute Gasteiger partial charge is 0.463 e. The van der Waals surface area contributed by atoms with Crippen LogP contribution in [0.3, 0.4) is 0 Å². The third kappa shape index (κ3) is 2.16. The van der Waals surface area contributed by atoms with E-state index in [4.69, 9.17) is 20.5 Å². The molecule has 0 aliphatic carbocycles. The molecular formula is C15H12ClN3O3. The molecule has 7 heteroatoms. The number of nitrogens with one attached hydrogen (secondary N) is 1. The Balaban J connectivity index is 1.70. The number of carbonyl (C=O) groups is 1. The first kappa shape index (κ1) is 13.3. The van der Waals surface area contributed by atoms with Crippen molar-refractivity contribution < 1.29 is 13.7 Å². The van der Waals surface area contributed by atoms with Gasteiger partial charge in [-0.05, 0) is 24.6 Å². The first-order valence-corrected chi connectivity index (χ1v) is 7.36. The molecule has 1 N–H and O–H groups in total. The van der Waals surface area contributed by atoms with Crippen molar-refractivity contribution in [1.82, 2.24) is 15.5 Å². The first-order chi connectivity index (χ1) is 10.7. The van der Waals surface area contributed by atoms with Crippen molar-refractivity contribution in [3.05, 3.63) is 35.3 Å². The van der Waals surface area contributed by atoms with Crippen LogP contribution in [0.1, 0.15) is 24.6 Å². The van der Waals surface area contributed by atoms with Crippen LogP contribution in [0.2, 0.25) is 5.02 Å². The average Bonchev–Trinajstić information content (AvgIpc) is 3.18. The normalized spacial score (nSPS) is 18.6. The summed E-state index contributed by atoms with van der Waals surface area (Å²) in [7, 11) is 0. The molecule has 3 aromatic rings. The Kier molecular flexibility index (Phi) is 3.11. The summed E-state index contributed by atoms with van der Waals surface area (Å²) in [5, 5.41) is 8.25. The molecule has 22 heavy (non-hydrogen) atoms. The lowest BCUT2D eigenvalue weighted by Crippen LogP contribution is -2.34. The number of fused-ring (bicyclic) bond motifs is 1. The zero-order valence-corrected chi connectivity index (χ0v) is 12.3. The Morgan fingerprint density at radius 1 is 1.32 bits per heavy atom. The van der Waals surface area contributed by atoms with Gasteiger partial charge < -0.3 is 14.3 Å². The van der Waals surface area contributed by atoms with E-state index in [1.165, 1.54) is 0 Å². The highest BCUT2D eigenvalue weighted by molar-refractivity contribution is 6.35. The van der Waals surface area contributed by atoms with Crippen molar-refractivity contribution in [2.45, 2.75) is 18.8 Å². The highest BCUT2D eigenvalue weighted by Gasteiger charge is 2.25. The molecule has 1 fully saturated rings. The van der Waals surface area contributed by atoms with Crippen LogP contribution in [0.15, 0.2) is 33.4 Å². The smallest absolute Gasteiger partial charge is 0.258 e. The van der Waals surface area contributed by atoms with E-state index in [1.54, 1.807) is 12.3 Å². The highest BCUT2D eigenvalue weighted by atomic mass is 35.5. The number of halogens is 1. The molecule has 6 nitrogen and oxygen atoms in total. The van der Waals surface area contributed by atoms with E-state index in [9.17, 15) is 4.79 Å². The van der Waals surface area contributed by atoms with Crippen molar-refractivity contribution in [2.75, 3.05) is 6.54 Å². The van der Waals surface area contributed by atoms with E-state index in [0.29, 0.717) is 35.3 Å². The molecule has 1 aliphatic heterocycles. The maximum Gasteiger partial charge on any atom is 0.258 e. The topological polar surface area (TPSA) is 81.2 Å².